The fraction of sp³-hybridized carbons (Fsp3) is 0. The summed E-state index contributed by atoms with van der Waals surface area (Å²) in [4.78, 5) is 3.97. The Bertz CT molecular complexity index is 305. The molecule has 2 nitrogen and oxygen atoms in total. The molecule has 1 aromatic carbocycles. The number of hydrogen-bond acceptors (Lipinski definition) is 1. The van der Waals surface area contributed by atoms with Crippen molar-refractivity contribution in [2.24, 2.45) is 0 Å². The zero-order chi connectivity index (χ0) is 8.23. The van der Waals surface area contributed by atoms with E-state index in [4.69, 9.17) is 0 Å². The largest absolute Gasteiger partial charge is 0.265 e. The molecule has 0 fully saturated rings. The van der Waals surface area contributed by atoms with E-state index in [1.165, 1.54) is 11.1 Å². The van der Waals surface area contributed by atoms with Gasteiger partial charge in [0, 0.05) is 18.5 Å². The Kier molecular flexibility index (Phi) is 3.17. The third-order valence-electron chi connectivity index (χ3n) is 1.79. The van der Waals surface area contributed by atoms with Crippen LogP contribution in [-0.4, -0.2) is 4.98 Å². The lowest BCUT2D eigenvalue weighted by atomic mass is 10.1. The van der Waals surface area contributed by atoms with Crippen LogP contribution in [0.4, 0.5) is 0 Å². The van der Waals surface area contributed by atoms with Crippen LogP contribution in [0.1, 0.15) is 0 Å². The predicted octanol–water partition coefficient (Wildman–Crippen LogP) is 2.27. The molecular weight excluding hydrogens is 160 g/mol. The molecule has 0 aliphatic heterocycles. The highest BCUT2D eigenvalue weighted by atomic mass is 14.6. The summed E-state index contributed by atoms with van der Waals surface area (Å²) in [7, 11) is 0. The molecule has 0 unspecified atom stereocenters. The first-order valence-electron chi connectivity index (χ1n) is 3.92. The number of benzene rings is 1. The molecule has 0 saturated carbocycles. The first-order chi connectivity index (χ1) is 5.97. The molecule has 1 aromatic heterocycles. The fourth-order valence-electron chi connectivity index (χ4n) is 1.17. The second-order valence-electron chi connectivity index (χ2n) is 2.60. The molecule has 0 aliphatic carbocycles. The molecular formula is C11H9N2. The van der Waals surface area contributed by atoms with Crippen molar-refractivity contribution in [3.05, 3.63) is 54.9 Å². The number of rotatable bonds is 1. The van der Waals surface area contributed by atoms with Crippen LogP contribution in [0.25, 0.3) is 11.1 Å². The lowest BCUT2D eigenvalue weighted by molar-refractivity contribution is 1.33. The number of nitrogens with zero attached hydrogens (tertiary/aromatic N) is 2. The lowest BCUT2D eigenvalue weighted by Crippen LogP contribution is -1.76. The van der Waals surface area contributed by atoms with Crippen LogP contribution in [0, 0.1) is 0 Å². The summed E-state index contributed by atoms with van der Waals surface area (Å²) in [5.41, 5.74) is 2.45. The molecule has 0 spiro atoms. The van der Waals surface area contributed by atoms with E-state index in [0.717, 1.165) is 0 Å². The Labute approximate surface area is 77.8 Å². The molecule has 2 rings (SSSR count). The van der Waals surface area contributed by atoms with Crippen LogP contribution in [0.5, 0.6) is 0 Å². The highest BCUT2D eigenvalue weighted by Gasteiger charge is 1.92. The summed E-state index contributed by atoms with van der Waals surface area (Å²) >= 11 is 0. The summed E-state index contributed by atoms with van der Waals surface area (Å²) < 4.78 is 0. The van der Waals surface area contributed by atoms with Gasteiger partial charge < -0.3 is 0 Å². The van der Waals surface area contributed by atoms with Crippen LogP contribution in [0.3, 0.4) is 0 Å². The van der Waals surface area contributed by atoms with Gasteiger partial charge in [0.2, 0.25) is 0 Å². The summed E-state index contributed by atoms with van der Waals surface area (Å²) in [5, 5.41) is 0. The van der Waals surface area contributed by atoms with Crippen LogP contribution >= 0.6 is 0 Å². The molecule has 0 bridgehead atoms. The minimum absolute atomic E-state index is 0. The van der Waals surface area contributed by atoms with Gasteiger partial charge in [-0.3, -0.25) is 4.98 Å². The monoisotopic (exact) mass is 169 g/mol. The Hall–Kier alpha value is -1.67. The smallest absolute Gasteiger partial charge is 0.0273 e. The minimum atomic E-state index is 0. The van der Waals surface area contributed by atoms with E-state index in [-0.39, 0.29) is 6.15 Å². The van der Waals surface area contributed by atoms with E-state index < -0.39 is 0 Å². The molecule has 2 aromatic rings. The third-order valence-corrected chi connectivity index (χ3v) is 1.79. The highest BCUT2D eigenvalue weighted by Crippen LogP contribution is 2.16. The number of hydrogen-bond donors (Lipinski definition) is 0. The average molecular weight is 169 g/mol. The van der Waals surface area contributed by atoms with Crippen molar-refractivity contribution in [2.75, 3.05) is 0 Å². The van der Waals surface area contributed by atoms with Gasteiger partial charge >= 0.3 is 0 Å². The Balaban J connectivity index is 0.000000845. The second-order valence-corrected chi connectivity index (χ2v) is 2.60. The number of aromatic nitrogens is 1. The van der Waals surface area contributed by atoms with E-state index in [1.807, 2.05) is 42.7 Å². The van der Waals surface area contributed by atoms with Crippen LogP contribution in [-0.2, 0) is 0 Å². The molecule has 2 heteroatoms. The summed E-state index contributed by atoms with van der Waals surface area (Å²) in [6, 6.07) is 14.3. The van der Waals surface area contributed by atoms with Gasteiger partial charge in [-0.15, -0.1) is 0 Å². The molecule has 13 heavy (non-hydrogen) atoms. The number of pyridine rings is 1. The summed E-state index contributed by atoms with van der Waals surface area (Å²) in [6.45, 7) is 0. The van der Waals surface area contributed by atoms with E-state index in [0.29, 0.717) is 0 Å². The van der Waals surface area contributed by atoms with Crippen LogP contribution < -0.4 is 6.15 Å². The van der Waals surface area contributed by atoms with Crippen molar-refractivity contribution in [2.45, 2.75) is 0 Å². The molecule has 0 atom stereocenters. The zero-order valence-corrected chi connectivity index (χ0v) is 7.09. The first-order valence-corrected chi connectivity index (χ1v) is 3.92. The van der Waals surface area contributed by atoms with Crippen molar-refractivity contribution in [3.8, 4) is 11.1 Å². The minimum Gasteiger partial charge on any atom is -0.265 e. The van der Waals surface area contributed by atoms with Gasteiger partial charge in [-0.2, -0.15) is 0 Å². The van der Waals surface area contributed by atoms with Crippen molar-refractivity contribution >= 4 is 0 Å². The predicted molar refractivity (Wildman–Crippen MR) is 51.8 cm³/mol. The lowest BCUT2D eigenvalue weighted by Gasteiger charge is -1.98. The molecule has 0 saturated heterocycles. The molecule has 63 valence electrons. The van der Waals surface area contributed by atoms with Gasteiger partial charge in [0.1, 0.15) is 0 Å². The zero-order valence-electron chi connectivity index (χ0n) is 7.09. The van der Waals surface area contributed by atoms with E-state index in [1.54, 1.807) is 0 Å². The van der Waals surface area contributed by atoms with Crippen molar-refractivity contribution in [3.63, 3.8) is 0 Å². The Morgan fingerprint density at radius 1 is 0.692 bits per heavy atom. The summed E-state index contributed by atoms with van der Waals surface area (Å²) in [6.07, 6.45) is 3.62. The fourth-order valence-corrected chi connectivity index (χ4v) is 1.17. The SMILES string of the molecule is [N].c1ccc(-c2ccncc2)cc1. The average Bonchev–Trinajstić information content (AvgIpc) is 2.21. The molecule has 0 amide bonds. The quantitative estimate of drug-likeness (QED) is 0.645. The maximum absolute atomic E-state index is 3.97. The van der Waals surface area contributed by atoms with E-state index in [2.05, 4.69) is 17.1 Å². The molecule has 3 radical (unpaired) electrons. The van der Waals surface area contributed by atoms with Gasteiger partial charge in [0.15, 0.2) is 0 Å². The van der Waals surface area contributed by atoms with Gasteiger partial charge in [-0.25, -0.2) is 0 Å². The first kappa shape index (κ1) is 9.42. The second kappa shape index (κ2) is 4.38. The van der Waals surface area contributed by atoms with Crippen LogP contribution in [0.2, 0.25) is 0 Å². The van der Waals surface area contributed by atoms with Crippen molar-refractivity contribution in [1.82, 2.24) is 11.1 Å². The van der Waals surface area contributed by atoms with E-state index >= 15 is 0 Å². The van der Waals surface area contributed by atoms with Gasteiger partial charge in [0.25, 0.3) is 0 Å². The molecule has 1 heterocycles. The van der Waals surface area contributed by atoms with Gasteiger partial charge in [-0.1, -0.05) is 30.3 Å². The Morgan fingerprint density at radius 3 is 1.85 bits per heavy atom. The topological polar surface area (TPSA) is 43.4 Å². The maximum Gasteiger partial charge on any atom is 0.0273 e. The van der Waals surface area contributed by atoms with Gasteiger partial charge in [0.05, 0.1) is 0 Å². The third kappa shape index (κ3) is 2.13. The molecule has 0 N–H and O–H groups in total. The van der Waals surface area contributed by atoms with Crippen LogP contribution in [0.15, 0.2) is 54.9 Å². The maximum atomic E-state index is 3.97. The van der Waals surface area contributed by atoms with Gasteiger partial charge in [-0.05, 0) is 23.3 Å². The Morgan fingerprint density at radius 2 is 1.23 bits per heavy atom. The highest BCUT2D eigenvalue weighted by molar-refractivity contribution is 5.62. The molecule has 0 aliphatic rings. The van der Waals surface area contributed by atoms with Crippen molar-refractivity contribution < 1.29 is 0 Å². The van der Waals surface area contributed by atoms with E-state index in [9.17, 15) is 0 Å². The standard InChI is InChI=1S/C11H9N.N/c1-2-4-10(5-3-1)11-6-8-12-9-7-11;/h1-9H;. The summed E-state index contributed by atoms with van der Waals surface area (Å²) in [5.74, 6) is 0. The van der Waals surface area contributed by atoms with Crippen molar-refractivity contribution in [1.29, 1.82) is 0 Å². The normalized spacial score (nSPS) is 8.92.